The average Bonchev–Trinajstić information content (AvgIpc) is 2.33. The molecule has 1 aromatic carbocycles. The first-order valence-corrected chi connectivity index (χ1v) is 7.43. The molecule has 0 saturated carbocycles. The van der Waals surface area contributed by atoms with Gasteiger partial charge >= 0.3 is 0 Å². The second-order valence-corrected chi connectivity index (χ2v) is 6.57. The first kappa shape index (κ1) is 11.5. The van der Waals surface area contributed by atoms with E-state index in [4.69, 9.17) is 4.84 Å². The molecule has 0 bridgehead atoms. The second-order valence-electron chi connectivity index (χ2n) is 3.00. The minimum Gasteiger partial charge on any atom is -0.366 e. The number of hydrogen-bond acceptors (Lipinski definition) is 2. The lowest BCUT2D eigenvalue weighted by atomic mass is 10.1. The Kier molecular flexibility index (Phi) is 4.30. The van der Waals surface area contributed by atoms with Crippen molar-refractivity contribution in [2.24, 2.45) is 0 Å². The average molecular weight is 271 g/mol. The van der Waals surface area contributed by atoms with E-state index in [1.807, 2.05) is 30.3 Å². The summed E-state index contributed by atoms with van der Waals surface area (Å²) < 4.78 is 9.18. The monoisotopic (exact) mass is 271 g/mol. The molecular formula is C9H12N3OP3. The van der Waals surface area contributed by atoms with Gasteiger partial charge in [0, 0.05) is 14.1 Å². The standard InChI is InChI=1S/C9H12N3OP3/c1-2-5-8-6-3-4-7-9(8)13-12-15-10-14-11-16-12/h2-4,6-7,10,14-15H,1,5H2. The van der Waals surface area contributed by atoms with Crippen molar-refractivity contribution < 1.29 is 4.84 Å². The van der Waals surface area contributed by atoms with Gasteiger partial charge in [-0.1, -0.05) is 24.3 Å². The van der Waals surface area contributed by atoms with Gasteiger partial charge in [0.1, 0.15) is 0 Å². The highest BCUT2D eigenvalue weighted by atomic mass is 31.1. The van der Waals surface area contributed by atoms with Gasteiger partial charge in [0.05, 0.1) is 8.51 Å². The second kappa shape index (κ2) is 5.96. The molecule has 0 aliphatic heterocycles. The molecule has 2 aromatic rings. The van der Waals surface area contributed by atoms with Gasteiger partial charge in [-0.15, -0.1) is 10.8 Å². The van der Waals surface area contributed by atoms with E-state index in [-0.39, 0.29) is 0 Å². The van der Waals surface area contributed by atoms with Crippen LogP contribution in [0.25, 0.3) is 0 Å². The molecule has 1 aromatic heterocycles. The van der Waals surface area contributed by atoms with Gasteiger partial charge in [0.25, 0.3) is 0 Å². The molecule has 7 heteroatoms. The molecule has 0 saturated heterocycles. The van der Waals surface area contributed by atoms with Crippen molar-refractivity contribution in [2.45, 2.75) is 6.42 Å². The lowest BCUT2D eigenvalue weighted by Gasteiger charge is -2.09. The summed E-state index contributed by atoms with van der Waals surface area (Å²) in [5.41, 5.74) is 1.14. The molecule has 84 valence electrons. The van der Waals surface area contributed by atoms with Crippen molar-refractivity contribution in [3.8, 4) is 5.75 Å². The zero-order chi connectivity index (χ0) is 11.2. The molecule has 0 spiro atoms. The van der Waals surface area contributed by atoms with Gasteiger partial charge in [-0.25, -0.2) is 0 Å². The first-order chi connectivity index (χ1) is 7.90. The van der Waals surface area contributed by atoms with Crippen molar-refractivity contribution in [3.05, 3.63) is 42.5 Å². The number of nitrogens with zero attached hydrogens (tertiary/aromatic N) is 2. The van der Waals surface area contributed by atoms with Crippen LogP contribution < -0.4 is 4.84 Å². The van der Waals surface area contributed by atoms with Crippen LogP contribution in [0, 0.1) is 0 Å². The van der Waals surface area contributed by atoms with Gasteiger partial charge in [0.2, 0.25) is 0 Å². The lowest BCUT2D eigenvalue weighted by Crippen LogP contribution is -2.00. The molecule has 0 aliphatic carbocycles. The van der Waals surface area contributed by atoms with Crippen molar-refractivity contribution in [1.29, 1.82) is 0 Å². The molecule has 0 aliphatic rings. The predicted molar refractivity (Wildman–Crippen MR) is 72.1 cm³/mol. The van der Waals surface area contributed by atoms with Crippen molar-refractivity contribution in [3.63, 3.8) is 0 Å². The van der Waals surface area contributed by atoms with Crippen LogP contribution in [-0.2, 0) is 6.42 Å². The summed E-state index contributed by atoms with van der Waals surface area (Å²) in [5, 5.41) is 0. The number of allylic oxidation sites excluding steroid dienone is 1. The van der Waals surface area contributed by atoms with Gasteiger partial charge in [-0.3, -0.25) is 0 Å². The first-order valence-electron chi connectivity index (χ1n) is 4.73. The van der Waals surface area contributed by atoms with Crippen LogP contribution in [0.2, 0.25) is 0 Å². The minimum atomic E-state index is 0.458. The Morgan fingerprint density at radius 1 is 1.56 bits per heavy atom. The summed E-state index contributed by atoms with van der Waals surface area (Å²) >= 11 is 0. The van der Waals surface area contributed by atoms with E-state index in [1.54, 1.807) is 4.26 Å². The van der Waals surface area contributed by atoms with Gasteiger partial charge < -0.3 is 9.35 Å². The molecule has 2 unspecified atom stereocenters. The summed E-state index contributed by atoms with van der Waals surface area (Å²) in [6.07, 6.45) is 2.69. The molecular weight excluding hydrogens is 259 g/mol. The van der Waals surface area contributed by atoms with E-state index in [0.717, 1.165) is 26.2 Å². The molecule has 4 nitrogen and oxygen atoms in total. The minimum absolute atomic E-state index is 0.458. The molecule has 0 fully saturated rings. The zero-order valence-corrected chi connectivity index (χ0v) is 11.4. The summed E-state index contributed by atoms with van der Waals surface area (Å²) in [5.74, 6) is 0.879. The Balaban J connectivity index is 2.24. The largest absolute Gasteiger partial charge is 0.366 e. The highest BCUT2D eigenvalue weighted by Crippen LogP contribution is 2.22. The van der Waals surface area contributed by atoms with Crippen molar-refractivity contribution in [2.75, 3.05) is 0 Å². The Labute approximate surface area is 98.7 Å². The smallest absolute Gasteiger partial charge is 0.182 e. The van der Waals surface area contributed by atoms with E-state index in [0.29, 0.717) is 17.0 Å². The third-order valence-electron chi connectivity index (χ3n) is 1.91. The summed E-state index contributed by atoms with van der Waals surface area (Å²) in [4.78, 5) is 5.77. The van der Waals surface area contributed by atoms with Crippen molar-refractivity contribution >= 4 is 25.5 Å². The summed E-state index contributed by atoms with van der Waals surface area (Å²) in [7, 11) is 1.81. The number of benzene rings is 1. The van der Waals surface area contributed by atoms with Crippen LogP contribution >= 0.6 is 25.5 Å². The molecule has 2 rings (SSSR count). The number of nitrogens with one attached hydrogen (secondary N) is 1. The number of H-pyrrole nitrogens is 1. The van der Waals surface area contributed by atoms with Gasteiger partial charge in [-0.05, 0) is 12.5 Å². The van der Waals surface area contributed by atoms with E-state index < -0.39 is 0 Å². The Morgan fingerprint density at radius 3 is 3.19 bits per heavy atom. The highest BCUT2D eigenvalue weighted by molar-refractivity contribution is 7.44. The fraction of sp³-hybridized carbons (Fsp3) is 0.111. The summed E-state index contributed by atoms with van der Waals surface area (Å²) in [6, 6.07) is 7.99. The SMILES string of the molecule is C=CCc1ccccc1On1pn[pH][nH][pH]1. The fourth-order valence-corrected chi connectivity index (χ4v) is 4.27. The third kappa shape index (κ3) is 3.02. The maximum atomic E-state index is 5.77. The number of para-hydroxylation sites is 1. The maximum Gasteiger partial charge on any atom is 0.182 e. The highest BCUT2D eigenvalue weighted by Gasteiger charge is 2.01. The molecule has 1 N–H and O–H groups in total. The number of hydrogen-bond donors (Lipinski definition) is 1. The molecule has 1 heterocycles. The molecule has 16 heavy (non-hydrogen) atoms. The predicted octanol–water partition coefficient (Wildman–Crippen LogP) is 3.55. The van der Waals surface area contributed by atoms with Crippen LogP contribution in [0.1, 0.15) is 5.56 Å². The maximum absolute atomic E-state index is 5.77. The quantitative estimate of drug-likeness (QED) is 0.864. The van der Waals surface area contributed by atoms with Crippen LogP contribution in [-0.4, -0.2) is 13.3 Å². The van der Waals surface area contributed by atoms with E-state index >= 15 is 0 Å². The van der Waals surface area contributed by atoms with Gasteiger partial charge in [-0.2, -0.15) is 4.51 Å². The van der Waals surface area contributed by atoms with E-state index in [1.165, 1.54) is 0 Å². The van der Waals surface area contributed by atoms with Gasteiger partial charge in [0.15, 0.2) is 14.3 Å². The number of rotatable bonds is 4. The Hall–Kier alpha value is -0.940. The third-order valence-corrected chi connectivity index (χ3v) is 4.65. The normalized spacial score (nSPS) is 11.2. The Morgan fingerprint density at radius 2 is 2.44 bits per heavy atom. The molecule has 0 amide bonds. The summed E-state index contributed by atoms with van der Waals surface area (Å²) in [6.45, 7) is 3.74. The van der Waals surface area contributed by atoms with E-state index in [9.17, 15) is 0 Å². The fourth-order valence-electron chi connectivity index (χ4n) is 1.23. The number of aromatic nitrogens is 3. The van der Waals surface area contributed by atoms with Crippen LogP contribution in [0.15, 0.2) is 36.9 Å². The number of aromatic amines is 1. The topological polar surface area (TPSA) is 42.8 Å². The van der Waals surface area contributed by atoms with Crippen LogP contribution in [0.5, 0.6) is 5.75 Å². The van der Waals surface area contributed by atoms with Crippen molar-refractivity contribution in [1.82, 2.24) is 13.3 Å². The van der Waals surface area contributed by atoms with E-state index in [2.05, 4.69) is 15.6 Å². The molecule has 0 radical (unpaired) electrons. The molecule has 2 atom stereocenters. The van der Waals surface area contributed by atoms with Crippen LogP contribution in [0.3, 0.4) is 0 Å². The lowest BCUT2D eigenvalue weighted by molar-refractivity contribution is 0.274. The Bertz CT molecular complexity index is 480. The van der Waals surface area contributed by atoms with Crippen LogP contribution in [0.4, 0.5) is 0 Å². The zero-order valence-electron chi connectivity index (χ0n) is 8.55.